The number of pyridine rings is 1. The van der Waals surface area contributed by atoms with Gasteiger partial charge in [-0.3, -0.25) is 9.67 Å². The van der Waals surface area contributed by atoms with Crippen LogP contribution in [-0.4, -0.2) is 14.8 Å². The third-order valence-corrected chi connectivity index (χ3v) is 2.86. The van der Waals surface area contributed by atoms with Crippen LogP contribution in [0.5, 0.6) is 0 Å². The molecule has 3 rings (SSSR count). The summed E-state index contributed by atoms with van der Waals surface area (Å²) in [7, 11) is 0. The van der Waals surface area contributed by atoms with Crippen LogP contribution < -0.4 is 0 Å². The summed E-state index contributed by atoms with van der Waals surface area (Å²) in [6, 6.07) is 12.1. The number of nitrogens with zero attached hydrogens (tertiary/aromatic N) is 4. The third kappa shape index (κ3) is 1.93. The average Bonchev–Trinajstić information content (AvgIpc) is 2.79. The van der Waals surface area contributed by atoms with Gasteiger partial charge in [0.1, 0.15) is 17.4 Å². The summed E-state index contributed by atoms with van der Waals surface area (Å²) >= 11 is 0. The molecule has 4 nitrogen and oxygen atoms in total. The fraction of sp³-hybridized carbons (Fsp3) is 0.0714. The van der Waals surface area contributed by atoms with Crippen molar-refractivity contribution in [2.24, 2.45) is 0 Å². The lowest BCUT2D eigenvalue weighted by molar-refractivity contribution is 0.613. The molecule has 5 heteroatoms. The van der Waals surface area contributed by atoms with E-state index < -0.39 is 0 Å². The van der Waals surface area contributed by atoms with Gasteiger partial charge < -0.3 is 0 Å². The molecule has 0 radical (unpaired) electrons. The molecular weight excluding hydrogens is 243 g/mol. The van der Waals surface area contributed by atoms with E-state index in [1.807, 2.05) is 24.3 Å². The Bertz CT molecular complexity index is 771. The lowest BCUT2D eigenvalue weighted by Gasteiger charge is -2.03. The van der Waals surface area contributed by atoms with Crippen molar-refractivity contribution in [3.63, 3.8) is 0 Å². The molecule has 0 unspecified atom stereocenters. The van der Waals surface area contributed by atoms with E-state index >= 15 is 0 Å². The Morgan fingerprint density at radius 1 is 1.21 bits per heavy atom. The molecular formula is C14H9FN4. The summed E-state index contributed by atoms with van der Waals surface area (Å²) in [6.07, 6.45) is 1.67. The number of halogens is 1. The highest BCUT2D eigenvalue weighted by Gasteiger charge is 2.14. The van der Waals surface area contributed by atoms with Crippen molar-refractivity contribution in [3.05, 3.63) is 59.8 Å². The molecule has 0 saturated heterocycles. The smallest absolute Gasteiger partial charge is 0.170 e. The van der Waals surface area contributed by atoms with Gasteiger partial charge in [0, 0.05) is 11.6 Å². The second-order valence-corrected chi connectivity index (χ2v) is 4.08. The van der Waals surface area contributed by atoms with Gasteiger partial charge in [-0.25, -0.2) is 4.39 Å². The predicted molar refractivity (Wildman–Crippen MR) is 67.7 cm³/mol. The van der Waals surface area contributed by atoms with Crippen LogP contribution in [0.4, 0.5) is 4.39 Å². The van der Waals surface area contributed by atoms with Crippen LogP contribution in [0.1, 0.15) is 11.4 Å². The van der Waals surface area contributed by atoms with Crippen molar-refractivity contribution in [3.8, 4) is 6.07 Å². The fourth-order valence-corrected chi connectivity index (χ4v) is 2.04. The standard InChI is InChI=1S/C14H9FN4/c15-12-6-3-5-11-13(8-16)18-19(14(11)12)9-10-4-1-2-7-17-10/h1-7H,9H2. The van der Waals surface area contributed by atoms with Gasteiger partial charge in [-0.15, -0.1) is 0 Å². The van der Waals surface area contributed by atoms with E-state index in [0.717, 1.165) is 5.69 Å². The van der Waals surface area contributed by atoms with Crippen LogP contribution in [0.2, 0.25) is 0 Å². The number of fused-ring (bicyclic) bond motifs is 1. The monoisotopic (exact) mass is 252 g/mol. The van der Waals surface area contributed by atoms with Crippen LogP contribution in [-0.2, 0) is 6.54 Å². The number of benzene rings is 1. The summed E-state index contributed by atoms with van der Waals surface area (Å²) in [5, 5.41) is 13.7. The molecule has 0 atom stereocenters. The Morgan fingerprint density at radius 2 is 2.11 bits per heavy atom. The van der Waals surface area contributed by atoms with Gasteiger partial charge in [-0.1, -0.05) is 12.1 Å². The molecule has 0 aliphatic heterocycles. The lowest BCUT2D eigenvalue weighted by Crippen LogP contribution is -2.04. The van der Waals surface area contributed by atoms with Gasteiger partial charge in [0.2, 0.25) is 0 Å². The number of rotatable bonds is 2. The maximum absolute atomic E-state index is 13.9. The summed E-state index contributed by atoms with van der Waals surface area (Å²) < 4.78 is 15.4. The van der Waals surface area contributed by atoms with E-state index in [0.29, 0.717) is 17.4 Å². The highest BCUT2D eigenvalue weighted by Crippen LogP contribution is 2.21. The number of para-hydroxylation sites is 1. The average molecular weight is 252 g/mol. The quantitative estimate of drug-likeness (QED) is 0.704. The molecule has 92 valence electrons. The van der Waals surface area contributed by atoms with E-state index in [1.165, 1.54) is 10.7 Å². The minimum atomic E-state index is -0.387. The molecule has 0 bridgehead atoms. The summed E-state index contributed by atoms with van der Waals surface area (Å²) in [5.41, 5.74) is 1.33. The topological polar surface area (TPSA) is 54.5 Å². The zero-order chi connectivity index (χ0) is 13.2. The van der Waals surface area contributed by atoms with Crippen molar-refractivity contribution in [2.45, 2.75) is 6.54 Å². The van der Waals surface area contributed by atoms with Gasteiger partial charge in [-0.2, -0.15) is 10.4 Å². The summed E-state index contributed by atoms with van der Waals surface area (Å²) in [4.78, 5) is 4.18. The molecule has 1 aromatic carbocycles. The Labute approximate surface area is 108 Å². The Morgan fingerprint density at radius 3 is 2.84 bits per heavy atom. The van der Waals surface area contributed by atoms with Crippen molar-refractivity contribution >= 4 is 10.9 Å². The van der Waals surface area contributed by atoms with Crippen molar-refractivity contribution in [1.82, 2.24) is 14.8 Å². The lowest BCUT2D eigenvalue weighted by atomic mass is 10.2. The van der Waals surface area contributed by atoms with Gasteiger partial charge >= 0.3 is 0 Å². The van der Waals surface area contributed by atoms with Crippen LogP contribution in [0.25, 0.3) is 10.9 Å². The zero-order valence-electron chi connectivity index (χ0n) is 9.92. The molecule has 0 fully saturated rings. The highest BCUT2D eigenvalue weighted by atomic mass is 19.1. The minimum Gasteiger partial charge on any atom is -0.259 e. The van der Waals surface area contributed by atoms with E-state index in [4.69, 9.17) is 5.26 Å². The molecule has 0 amide bonds. The summed E-state index contributed by atoms with van der Waals surface area (Å²) in [5.74, 6) is -0.387. The molecule has 3 aromatic rings. The van der Waals surface area contributed by atoms with Gasteiger partial charge in [-0.05, 0) is 24.3 Å². The SMILES string of the molecule is N#Cc1nn(Cc2ccccn2)c2c(F)cccc12. The van der Waals surface area contributed by atoms with Gasteiger partial charge in [0.05, 0.1) is 12.2 Å². The molecule has 0 spiro atoms. The normalized spacial score (nSPS) is 10.5. The molecule has 0 saturated carbocycles. The van der Waals surface area contributed by atoms with Crippen molar-refractivity contribution < 1.29 is 4.39 Å². The highest BCUT2D eigenvalue weighted by molar-refractivity contribution is 5.84. The first-order valence-corrected chi connectivity index (χ1v) is 5.74. The van der Waals surface area contributed by atoms with Crippen LogP contribution in [0, 0.1) is 17.1 Å². The first-order valence-electron chi connectivity index (χ1n) is 5.74. The Balaban J connectivity index is 2.17. The van der Waals surface area contributed by atoms with Gasteiger partial charge in [0.15, 0.2) is 5.69 Å². The Kier molecular flexibility index (Phi) is 2.69. The molecule has 0 aliphatic rings. The largest absolute Gasteiger partial charge is 0.259 e. The second kappa shape index (κ2) is 4.50. The van der Waals surface area contributed by atoms with Gasteiger partial charge in [0.25, 0.3) is 0 Å². The van der Waals surface area contributed by atoms with E-state index in [1.54, 1.807) is 18.3 Å². The zero-order valence-corrected chi connectivity index (χ0v) is 9.92. The second-order valence-electron chi connectivity index (χ2n) is 4.08. The predicted octanol–water partition coefficient (Wildman–Crippen LogP) is 2.49. The van der Waals surface area contributed by atoms with Crippen molar-refractivity contribution in [2.75, 3.05) is 0 Å². The van der Waals surface area contributed by atoms with Crippen LogP contribution in [0.15, 0.2) is 42.6 Å². The molecule has 19 heavy (non-hydrogen) atoms. The Hall–Kier alpha value is -2.74. The maximum atomic E-state index is 13.9. The number of hydrogen-bond donors (Lipinski definition) is 0. The third-order valence-electron chi connectivity index (χ3n) is 2.86. The van der Waals surface area contributed by atoms with E-state index in [9.17, 15) is 4.39 Å². The maximum Gasteiger partial charge on any atom is 0.170 e. The number of aromatic nitrogens is 3. The van der Waals surface area contributed by atoms with Crippen molar-refractivity contribution in [1.29, 1.82) is 5.26 Å². The molecule has 2 heterocycles. The molecule has 0 N–H and O–H groups in total. The summed E-state index contributed by atoms with van der Waals surface area (Å²) in [6.45, 7) is 0.333. The molecule has 2 aromatic heterocycles. The molecule has 0 aliphatic carbocycles. The van der Waals surface area contributed by atoms with E-state index in [2.05, 4.69) is 10.1 Å². The fourth-order valence-electron chi connectivity index (χ4n) is 2.04. The van der Waals surface area contributed by atoms with E-state index in [-0.39, 0.29) is 11.5 Å². The minimum absolute atomic E-state index is 0.227. The van der Waals surface area contributed by atoms with Crippen LogP contribution in [0.3, 0.4) is 0 Å². The first-order chi connectivity index (χ1) is 9.29. The van der Waals surface area contributed by atoms with Crippen LogP contribution >= 0.6 is 0 Å². The first kappa shape index (κ1) is 11.4. The number of nitriles is 1. The number of hydrogen-bond acceptors (Lipinski definition) is 3.